The Morgan fingerprint density at radius 1 is 1.45 bits per heavy atom. The molecule has 0 spiro atoms. The zero-order valence-electron chi connectivity index (χ0n) is 8.15. The largest absolute Gasteiger partial charge is 0.198 e. The third kappa shape index (κ3) is 3.41. The van der Waals surface area contributed by atoms with E-state index in [0.717, 1.165) is 0 Å². The molecule has 1 nitrogen and oxygen atoms in total. The Hall–Kier alpha value is -0.510. The maximum atomic E-state index is 8.81. The van der Waals surface area contributed by atoms with Crippen molar-refractivity contribution >= 4 is 0 Å². The van der Waals surface area contributed by atoms with E-state index in [1.165, 1.54) is 19.3 Å². The number of unbranched alkanes of at least 4 members (excludes halogenated alkanes) is 1. The molecule has 0 saturated heterocycles. The lowest BCUT2D eigenvalue weighted by atomic mass is 9.79. The fourth-order valence-corrected chi connectivity index (χ4v) is 0.981. The van der Waals surface area contributed by atoms with E-state index in [0.29, 0.717) is 5.92 Å². The topological polar surface area (TPSA) is 23.8 Å². The Kier molecular flexibility index (Phi) is 4.18. The van der Waals surface area contributed by atoms with Crippen LogP contribution in [0.15, 0.2) is 0 Å². The molecule has 0 aromatic rings. The standard InChI is InChI=1S/C10H19N/c1-5-6-7-9(2)10(3,4)8-11/h9H,5-7H2,1-4H3. The molecule has 0 saturated carbocycles. The zero-order chi connectivity index (χ0) is 8.91. The Morgan fingerprint density at radius 2 is 2.00 bits per heavy atom. The van der Waals surface area contributed by atoms with Crippen LogP contribution in [0.5, 0.6) is 0 Å². The summed E-state index contributed by atoms with van der Waals surface area (Å²) in [5.41, 5.74) is -0.144. The fraction of sp³-hybridized carbons (Fsp3) is 0.900. The van der Waals surface area contributed by atoms with Gasteiger partial charge >= 0.3 is 0 Å². The minimum absolute atomic E-state index is 0.144. The molecule has 0 radical (unpaired) electrons. The molecule has 0 aromatic carbocycles. The van der Waals surface area contributed by atoms with Crippen LogP contribution in [0.3, 0.4) is 0 Å². The molecular formula is C10H19N. The number of hydrogen-bond donors (Lipinski definition) is 0. The molecule has 0 heterocycles. The van der Waals surface area contributed by atoms with Crippen molar-refractivity contribution in [2.75, 3.05) is 0 Å². The van der Waals surface area contributed by atoms with Crippen molar-refractivity contribution in [2.24, 2.45) is 11.3 Å². The highest BCUT2D eigenvalue weighted by Crippen LogP contribution is 2.29. The normalized spacial score (nSPS) is 14.1. The summed E-state index contributed by atoms with van der Waals surface area (Å²) in [5, 5.41) is 8.81. The highest BCUT2D eigenvalue weighted by Gasteiger charge is 2.24. The number of rotatable bonds is 4. The molecule has 0 aromatic heterocycles. The molecule has 0 aliphatic carbocycles. The lowest BCUT2D eigenvalue weighted by Crippen LogP contribution is -2.19. The average Bonchev–Trinajstić information content (AvgIpc) is 2.00. The summed E-state index contributed by atoms with van der Waals surface area (Å²) in [6.07, 6.45) is 3.65. The van der Waals surface area contributed by atoms with Gasteiger partial charge in [-0.05, 0) is 26.2 Å². The molecule has 0 bridgehead atoms. The summed E-state index contributed by atoms with van der Waals surface area (Å²) in [6, 6.07) is 2.35. The second kappa shape index (κ2) is 4.38. The van der Waals surface area contributed by atoms with Crippen molar-refractivity contribution in [3.8, 4) is 6.07 Å². The van der Waals surface area contributed by atoms with Crippen LogP contribution in [-0.4, -0.2) is 0 Å². The first-order chi connectivity index (χ1) is 5.04. The predicted molar refractivity (Wildman–Crippen MR) is 48.1 cm³/mol. The maximum absolute atomic E-state index is 8.81. The quantitative estimate of drug-likeness (QED) is 0.607. The lowest BCUT2D eigenvalue weighted by Gasteiger charge is -2.23. The van der Waals surface area contributed by atoms with E-state index in [-0.39, 0.29) is 5.41 Å². The summed E-state index contributed by atoms with van der Waals surface area (Å²) in [5.74, 6) is 0.521. The predicted octanol–water partition coefficient (Wildman–Crippen LogP) is 3.36. The summed E-state index contributed by atoms with van der Waals surface area (Å²) < 4.78 is 0. The van der Waals surface area contributed by atoms with E-state index in [9.17, 15) is 0 Å². The van der Waals surface area contributed by atoms with E-state index in [1.807, 2.05) is 13.8 Å². The number of nitriles is 1. The van der Waals surface area contributed by atoms with Crippen molar-refractivity contribution in [2.45, 2.75) is 47.0 Å². The van der Waals surface area contributed by atoms with E-state index in [4.69, 9.17) is 5.26 Å². The van der Waals surface area contributed by atoms with Crippen LogP contribution >= 0.6 is 0 Å². The molecule has 1 unspecified atom stereocenters. The highest BCUT2D eigenvalue weighted by molar-refractivity contribution is 4.94. The Bertz CT molecular complexity index is 141. The Labute approximate surface area is 70.4 Å². The Morgan fingerprint density at radius 3 is 2.36 bits per heavy atom. The monoisotopic (exact) mass is 153 g/mol. The second-order valence-electron chi connectivity index (χ2n) is 3.88. The van der Waals surface area contributed by atoms with E-state index >= 15 is 0 Å². The van der Waals surface area contributed by atoms with Crippen molar-refractivity contribution in [1.82, 2.24) is 0 Å². The van der Waals surface area contributed by atoms with Gasteiger partial charge in [0.25, 0.3) is 0 Å². The first kappa shape index (κ1) is 10.5. The zero-order valence-corrected chi connectivity index (χ0v) is 8.15. The van der Waals surface area contributed by atoms with Crippen LogP contribution in [0, 0.1) is 22.7 Å². The van der Waals surface area contributed by atoms with Gasteiger partial charge in [0.2, 0.25) is 0 Å². The second-order valence-corrected chi connectivity index (χ2v) is 3.88. The molecule has 1 atom stereocenters. The molecule has 0 fully saturated rings. The van der Waals surface area contributed by atoms with Crippen LogP contribution in [0.2, 0.25) is 0 Å². The third-order valence-electron chi connectivity index (χ3n) is 2.51. The van der Waals surface area contributed by atoms with Crippen LogP contribution in [-0.2, 0) is 0 Å². The van der Waals surface area contributed by atoms with Crippen molar-refractivity contribution in [1.29, 1.82) is 5.26 Å². The molecular weight excluding hydrogens is 134 g/mol. The van der Waals surface area contributed by atoms with Crippen LogP contribution in [0.4, 0.5) is 0 Å². The van der Waals surface area contributed by atoms with Gasteiger partial charge in [0.1, 0.15) is 0 Å². The summed E-state index contributed by atoms with van der Waals surface area (Å²) in [6.45, 7) is 8.39. The van der Waals surface area contributed by atoms with E-state index < -0.39 is 0 Å². The lowest BCUT2D eigenvalue weighted by molar-refractivity contribution is 0.293. The molecule has 11 heavy (non-hydrogen) atoms. The van der Waals surface area contributed by atoms with Crippen LogP contribution < -0.4 is 0 Å². The van der Waals surface area contributed by atoms with Gasteiger partial charge in [0.15, 0.2) is 0 Å². The van der Waals surface area contributed by atoms with Gasteiger partial charge in [-0.15, -0.1) is 0 Å². The van der Waals surface area contributed by atoms with Crippen LogP contribution in [0.25, 0.3) is 0 Å². The number of nitrogens with zero attached hydrogens (tertiary/aromatic N) is 1. The van der Waals surface area contributed by atoms with Gasteiger partial charge in [-0.1, -0.05) is 26.7 Å². The summed E-state index contributed by atoms with van der Waals surface area (Å²) >= 11 is 0. The molecule has 0 amide bonds. The van der Waals surface area contributed by atoms with Gasteiger partial charge in [0, 0.05) is 0 Å². The summed E-state index contributed by atoms with van der Waals surface area (Å²) in [7, 11) is 0. The maximum Gasteiger partial charge on any atom is 0.0686 e. The molecule has 0 aliphatic heterocycles. The van der Waals surface area contributed by atoms with Gasteiger partial charge in [0.05, 0.1) is 11.5 Å². The minimum Gasteiger partial charge on any atom is -0.198 e. The third-order valence-corrected chi connectivity index (χ3v) is 2.51. The van der Waals surface area contributed by atoms with Crippen molar-refractivity contribution < 1.29 is 0 Å². The van der Waals surface area contributed by atoms with Gasteiger partial charge < -0.3 is 0 Å². The van der Waals surface area contributed by atoms with E-state index in [2.05, 4.69) is 19.9 Å². The first-order valence-corrected chi connectivity index (χ1v) is 4.45. The molecule has 0 N–H and O–H groups in total. The van der Waals surface area contributed by atoms with Crippen LogP contribution in [0.1, 0.15) is 47.0 Å². The molecule has 0 rings (SSSR count). The summed E-state index contributed by atoms with van der Waals surface area (Å²) in [4.78, 5) is 0. The van der Waals surface area contributed by atoms with Crippen molar-refractivity contribution in [3.63, 3.8) is 0 Å². The molecule has 64 valence electrons. The molecule has 0 aliphatic rings. The number of hydrogen-bond acceptors (Lipinski definition) is 1. The smallest absolute Gasteiger partial charge is 0.0686 e. The molecule has 1 heteroatoms. The Balaban J connectivity index is 3.83. The van der Waals surface area contributed by atoms with Gasteiger partial charge in [-0.2, -0.15) is 5.26 Å². The first-order valence-electron chi connectivity index (χ1n) is 4.45. The van der Waals surface area contributed by atoms with Gasteiger partial charge in [-0.25, -0.2) is 0 Å². The highest BCUT2D eigenvalue weighted by atomic mass is 14.4. The van der Waals surface area contributed by atoms with E-state index in [1.54, 1.807) is 0 Å². The van der Waals surface area contributed by atoms with Gasteiger partial charge in [-0.3, -0.25) is 0 Å². The minimum atomic E-state index is -0.144. The van der Waals surface area contributed by atoms with Crippen molar-refractivity contribution in [3.05, 3.63) is 0 Å². The fourth-order valence-electron chi connectivity index (χ4n) is 0.981. The average molecular weight is 153 g/mol. The SMILES string of the molecule is CCCCC(C)C(C)(C)C#N.